The third-order valence-corrected chi connectivity index (χ3v) is 3.75. The Balaban J connectivity index is 1.92. The molecule has 0 aromatic carbocycles. The monoisotopic (exact) mass is 359 g/mol. The fourth-order valence-corrected chi connectivity index (χ4v) is 2.47. The first-order chi connectivity index (χ1) is 11.6. The Hall–Kier alpha value is -2.52. The zero-order valence-electron chi connectivity index (χ0n) is 14.1. The van der Waals surface area contributed by atoms with E-state index in [0.29, 0.717) is 11.3 Å². The molecule has 0 aliphatic carbocycles. The molecule has 2 heterocycles. The summed E-state index contributed by atoms with van der Waals surface area (Å²) in [6, 6.07) is 0.992. The molecule has 2 aromatic rings. The van der Waals surface area contributed by atoms with Crippen molar-refractivity contribution in [3.05, 3.63) is 39.1 Å². The molecule has 25 heavy (non-hydrogen) atoms. The van der Waals surface area contributed by atoms with E-state index in [1.807, 2.05) is 0 Å². The maximum atomic E-state index is 12.9. The van der Waals surface area contributed by atoms with E-state index in [-0.39, 0.29) is 42.6 Å². The number of nitrogens with zero attached hydrogens (tertiary/aromatic N) is 2. The van der Waals surface area contributed by atoms with Crippen LogP contribution in [0.15, 0.2) is 10.9 Å². The van der Waals surface area contributed by atoms with Crippen molar-refractivity contribution in [3.63, 3.8) is 0 Å². The third-order valence-electron chi connectivity index (χ3n) is 3.75. The van der Waals surface area contributed by atoms with E-state index in [0.717, 1.165) is 10.7 Å². The van der Waals surface area contributed by atoms with Gasteiger partial charge in [0.1, 0.15) is 5.69 Å². The molecule has 138 valence electrons. The van der Waals surface area contributed by atoms with Crippen molar-refractivity contribution >= 4 is 5.91 Å². The second kappa shape index (κ2) is 7.16. The predicted molar refractivity (Wildman–Crippen MR) is 84.0 cm³/mol. The molecule has 1 atom stereocenters. The fourth-order valence-electron chi connectivity index (χ4n) is 2.47. The number of nitrogens with one attached hydrogen (secondary N) is 3. The summed E-state index contributed by atoms with van der Waals surface area (Å²) in [4.78, 5) is 23.4. The zero-order valence-corrected chi connectivity index (χ0v) is 14.1. The van der Waals surface area contributed by atoms with Crippen molar-refractivity contribution in [3.8, 4) is 0 Å². The van der Waals surface area contributed by atoms with Crippen molar-refractivity contribution in [2.24, 2.45) is 5.92 Å². The fraction of sp³-hybridized carbons (Fsp3) is 0.533. The van der Waals surface area contributed by atoms with Gasteiger partial charge in [-0.05, 0) is 25.8 Å². The van der Waals surface area contributed by atoms with Gasteiger partial charge in [0.15, 0.2) is 0 Å². The lowest BCUT2D eigenvalue weighted by Crippen LogP contribution is -2.32. The third kappa shape index (κ3) is 4.74. The van der Waals surface area contributed by atoms with Gasteiger partial charge in [-0.15, -0.1) is 0 Å². The van der Waals surface area contributed by atoms with Crippen LogP contribution in [0.25, 0.3) is 0 Å². The molecule has 7 nitrogen and oxygen atoms in total. The van der Waals surface area contributed by atoms with Gasteiger partial charge in [0.25, 0.3) is 5.56 Å². The number of halogens is 3. The molecule has 0 saturated heterocycles. The Morgan fingerprint density at radius 3 is 2.60 bits per heavy atom. The van der Waals surface area contributed by atoms with E-state index in [9.17, 15) is 22.8 Å². The van der Waals surface area contributed by atoms with Crippen molar-refractivity contribution in [1.29, 1.82) is 0 Å². The number of aryl methyl sites for hydroxylation is 2. The van der Waals surface area contributed by atoms with Gasteiger partial charge in [-0.1, -0.05) is 6.92 Å². The van der Waals surface area contributed by atoms with Crippen molar-refractivity contribution in [2.45, 2.75) is 39.9 Å². The Labute approximate surface area is 141 Å². The second-order valence-electron chi connectivity index (χ2n) is 6.12. The molecule has 0 spiro atoms. The molecular weight excluding hydrogens is 339 g/mol. The van der Waals surface area contributed by atoms with E-state index in [1.165, 1.54) is 6.92 Å². The second-order valence-corrected chi connectivity index (χ2v) is 6.12. The molecule has 2 rings (SSSR count). The van der Waals surface area contributed by atoms with Crippen LogP contribution in [-0.2, 0) is 23.9 Å². The Morgan fingerprint density at radius 1 is 1.36 bits per heavy atom. The van der Waals surface area contributed by atoms with Crippen LogP contribution in [0.1, 0.15) is 29.6 Å². The van der Waals surface area contributed by atoms with Gasteiger partial charge in [0.05, 0.1) is 12.1 Å². The Morgan fingerprint density at radius 2 is 2.04 bits per heavy atom. The highest BCUT2D eigenvalue weighted by Gasteiger charge is 2.35. The Bertz CT molecular complexity index is 803. The summed E-state index contributed by atoms with van der Waals surface area (Å²) in [5, 5.41) is 11.5. The number of hydrogen-bond acceptors (Lipinski definition) is 3. The van der Waals surface area contributed by atoms with Gasteiger partial charge in [0, 0.05) is 24.3 Å². The summed E-state index contributed by atoms with van der Waals surface area (Å²) in [5.74, 6) is -0.636. The molecule has 0 aliphatic rings. The predicted octanol–water partition coefficient (Wildman–Crippen LogP) is 1.53. The van der Waals surface area contributed by atoms with Gasteiger partial charge in [-0.2, -0.15) is 18.3 Å². The summed E-state index contributed by atoms with van der Waals surface area (Å²) in [5.41, 5.74) is 0.0353. The number of carbonyl (C=O) groups excluding carboxylic acids is 1. The smallest absolute Gasteiger partial charge is 0.355 e. The lowest BCUT2D eigenvalue weighted by Gasteiger charge is -2.16. The van der Waals surface area contributed by atoms with E-state index in [4.69, 9.17) is 0 Å². The average Bonchev–Trinajstić information content (AvgIpc) is 3.02. The first kappa shape index (κ1) is 18.8. The molecule has 0 unspecified atom stereocenters. The van der Waals surface area contributed by atoms with Crippen molar-refractivity contribution in [1.82, 2.24) is 25.3 Å². The number of aromatic amines is 2. The first-order valence-corrected chi connectivity index (χ1v) is 7.72. The number of carbonyl (C=O) groups is 1. The molecule has 10 heteroatoms. The number of amides is 1. The quantitative estimate of drug-likeness (QED) is 0.730. The van der Waals surface area contributed by atoms with Crippen LogP contribution in [0.2, 0.25) is 0 Å². The van der Waals surface area contributed by atoms with E-state index < -0.39 is 11.9 Å². The average molecular weight is 359 g/mol. The van der Waals surface area contributed by atoms with Crippen LogP contribution >= 0.6 is 0 Å². The highest BCUT2D eigenvalue weighted by molar-refractivity contribution is 5.78. The standard InChI is InChI=1S/C15H20F3N5O2/c1-8(7-23-12(15(16,17)18)4-9(2)22-23)6-19-13(24)5-11-10(3)20-21-14(11)25/h4,8H,5-7H2,1-3H3,(H,19,24)(H2,20,21,25)/t8-/m1/s1. The SMILES string of the molecule is Cc1cc(C(F)(F)F)n(C[C@H](C)CNC(=O)Cc2c(C)[nH][nH]c2=O)n1. The van der Waals surface area contributed by atoms with E-state index in [1.54, 1.807) is 13.8 Å². The summed E-state index contributed by atoms with van der Waals surface area (Å²) >= 11 is 0. The molecule has 0 radical (unpaired) electrons. The van der Waals surface area contributed by atoms with Crippen LogP contribution in [-0.4, -0.2) is 32.4 Å². The van der Waals surface area contributed by atoms with Crippen molar-refractivity contribution < 1.29 is 18.0 Å². The van der Waals surface area contributed by atoms with Gasteiger partial charge in [-0.25, -0.2) is 0 Å². The summed E-state index contributed by atoms with van der Waals surface area (Å²) < 4.78 is 39.8. The van der Waals surface area contributed by atoms with Crippen LogP contribution in [0.4, 0.5) is 13.2 Å². The molecule has 0 bridgehead atoms. The molecule has 0 aliphatic heterocycles. The maximum absolute atomic E-state index is 12.9. The van der Waals surface area contributed by atoms with Crippen LogP contribution in [0.3, 0.4) is 0 Å². The minimum absolute atomic E-state index is 0.0206. The first-order valence-electron chi connectivity index (χ1n) is 7.72. The van der Waals surface area contributed by atoms with Crippen LogP contribution in [0.5, 0.6) is 0 Å². The lowest BCUT2D eigenvalue weighted by molar-refractivity contribution is -0.144. The summed E-state index contributed by atoms with van der Waals surface area (Å²) in [7, 11) is 0. The lowest BCUT2D eigenvalue weighted by atomic mass is 10.1. The molecule has 3 N–H and O–H groups in total. The number of H-pyrrole nitrogens is 2. The molecule has 0 fully saturated rings. The van der Waals surface area contributed by atoms with E-state index in [2.05, 4.69) is 20.6 Å². The maximum Gasteiger partial charge on any atom is 0.433 e. The van der Waals surface area contributed by atoms with E-state index >= 15 is 0 Å². The van der Waals surface area contributed by atoms with Gasteiger partial charge < -0.3 is 10.4 Å². The summed E-state index contributed by atoms with van der Waals surface area (Å²) in [6.07, 6.45) is -4.57. The largest absolute Gasteiger partial charge is 0.433 e. The van der Waals surface area contributed by atoms with Crippen molar-refractivity contribution in [2.75, 3.05) is 6.54 Å². The topological polar surface area (TPSA) is 95.6 Å². The highest BCUT2D eigenvalue weighted by Crippen LogP contribution is 2.30. The minimum Gasteiger partial charge on any atom is -0.355 e. The molecular formula is C15H20F3N5O2. The molecule has 0 saturated carbocycles. The van der Waals surface area contributed by atoms with Gasteiger partial charge >= 0.3 is 6.18 Å². The van der Waals surface area contributed by atoms with Crippen LogP contribution < -0.4 is 10.9 Å². The Kier molecular flexibility index (Phi) is 5.39. The highest BCUT2D eigenvalue weighted by atomic mass is 19.4. The molecule has 1 amide bonds. The molecule has 2 aromatic heterocycles. The number of alkyl halides is 3. The normalized spacial score (nSPS) is 13.0. The van der Waals surface area contributed by atoms with Gasteiger partial charge in [-0.3, -0.25) is 19.4 Å². The zero-order chi connectivity index (χ0) is 18.8. The number of hydrogen-bond donors (Lipinski definition) is 3. The number of rotatable bonds is 6. The minimum atomic E-state index is -4.48. The van der Waals surface area contributed by atoms with Gasteiger partial charge in [0.2, 0.25) is 5.91 Å². The van der Waals surface area contributed by atoms with Crippen LogP contribution in [0, 0.1) is 19.8 Å². The summed E-state index contributed by atoms with van der Waals surface area (Å²) in [6.45, 7) is 5.08. The number of aromatic nitrogens is 4.